The third-order valence-electron chi connectivity index (χ3n) is 1.40. The van der Waals surface area contributed by atoms with E-state index in [1.807, 2.05) is 18.2 Å². The Balaban J connectivity index is 2.80. The molecule has 10 heavy (non-hydrogen) atoms. The maximum Gasteiger partial charge on any atom is 0.200 e. The van der Waals surface area contributed by atoms with Crippen LogP contribution in [0, 0.1) is 6.07 Å². The van der Waals surface area contributed by atoms with Crippen molar-refractivity contribution in [3.63, 3.8) is 0 Å². The molecule has 0 N–H and O–H groups in total. The van der Waals surface area contributed by atoms with Crippen LogP contribution in [0.25, 0.3) is 11.1 Å². The average Bonchev–Trinajstić information content (AvgIpc) is 2.36. The van der Waals surface area contributed by atoms with Crippen LogP contribution in [0.1, 0.15) is 0 Å². The second-order valence-electron chi connectivity index (χ2n) is 2.00. The molecule has 0 amide bonds. The molecule has 49 valence electrons. The lowest BCUT2D eigenvalue weighted by Crippen LogP contribution is -1.72. The highest BCUT2D eigenvalue weighted by molar-refractivity contribution is 6.31. The Bertz CT molecular complexity index is 313. The highest BCUT2D eigenvalue weighted by Gasteiger charge is 2.06. The number of rotatable bonds is 0. The van der Waals surface area contributed by atoms with Crippen molar-refractivity contribution in [2.75, 3.05) is 0 Å². The molecule has 0 aromatic carbocycles. The third kappa shape index (κ3) is 0.711. The van der Waals surface area contributed by atoms with Gasteiger partial charge in [0.05, 0.1) is 6.26 Å². The molecule has 0 spiro atoms. The summed E-state index contributed by atoms with van der Waals surface area (Å²) >= 11 is 5.71. The maximum atomic E-state index is 5.71. The first kappa shape index (κ1) is 5.81. The second-order valence-corrected chi connectivity index (χ2v) is 2.34. The molecule has 1 aliphatic carbocycles. The SMILES string of the molecule is Clc1occc2[c]ccc1-2. The molecule has 0 saturated heterocycles. The molecular weight excluding hydrogens is 148 g/mol. The fourth-order valence-electron chi connectivity index (χ4n) is 0.917. The van der Waals surface area contributed by atoms with Crippen molar-refractivity contribution in [1.82, 2.24) is 0 Å². The van der Waals surface area contributed by atoms with Gasteiger partial charge in [-0.1, -0.05) is 6.07 Å². The van der Waals surface area contributed by atoms with Crippen LogP contribution in [-0.2, 0) is 0 Å². The lowest BCUT2D eigenvalue weighted by molar-refractivity contribution is 0.554. The summed E-state index contributed by atoms with van der Waals surface area (Å²) < 4.78 is 4.94. The van der Waals surface area contributed by atoms with Crippen LogP contribution in [0.15, 0.2) is 28.9 Å². The molecule has 0 unspecified atom stereocenters. The zero-order valence-electron chi connectivity index (χ0n) is 5.10. The first-order chi connectivity index (χ1) is 4.88. The Hall–Kier alpha value is -0.950. The van der Waals surface area contributed by atoms with Gasteiger partial charge < -0.3 is 4.42 Å². The molecule has 2 rings (SSSR count). The Morgan fingerprint density at radius 1 is 1.40 bits per heavy atom. The van der Waals surface area contributed by atoms with Gasteiger partial charge in [-0.2, -0.15) is 0 Å². The van der Waals surface area contributed by atoms with E-state index in [4.69, 9.17) is 16.0 Å². The second kappa shape index (κ2) is 2.03. The molecule has 1 aliphatic heterocycles. The fourth-order valence-corrected chi connectivity index (χ4v) is 1.13. The van der Waals surface area contributed by atoms with Crippen molar-refractivity contribution in [3.8, 4) is 11.1 Å². The van der Waals surface area contributed by atoms with Gasteiger partial charge in [-0.3, -0.25) is 0 Å². The van der Waals surface area contributed by atoms with Crippen LogP contribution in [-0.4, -0.2) is 0 Å². The van der Waals surface area contributed by atoms with Crippen molar-refractivity contribution in [1.29, 1.82) is 0 Å². The van der Waals surface area contributed by atoms with Crippen molar-refractivity contribution < 1.29 is 4.42 Å². The standard InChI is InChI=1S/C8H4ClO/c9-8-7-3-1-2-6(7)4-5-10-8/h1,3-5H. The van der Waals surface area contributed by atoms with E-state index in [0.29, 0.717) is 5.22 Å². The summed E-state index contributed by atoms with van der Waals surface area (Å²) in [5.41, 5.74) is 1.92. The number of hydrogen-bond donors (Lipinski definition) is 0. The van der Waals surface area contributed by atoms with Crippen molar-refractivity contribution >= 4 is 11.6 Å². The van der Waals surface area contributed by atoms with Gasteiger partial charge in [-0.05, 0) is 35.4 Å². The summed E-state index contributed by atoms with van der Waals surface area (Å²) in [5, 5.41) is 0.429. The van der Waals surface area contributed by atoms with Crippen LogP contribution in [0.5, 0.6) is 0 Å². The minimum atomic E-state index is 0.429. The van der Waals surface area contributed by atoms with E-state index < -0.39 is 0 Å². The summed E-state index contributed by atoms with van der Waals surface area (Å²) in [5.74, 6) is 0. The normalized spacial score (nSPS) is 10.5. The highest BCUT2D eigenvalue weighted by atomic mass is 35.5. The Morgan fingerprint density at radius 2 is 2.30 bits per heavy atom. The molecule has 2 aliphatic rings. The molecule has 0 aromatic rings. The molecule has 0 bridgehead atoms. The number of hydrogen-bond acceptors (Lipinski definition) is 1. The third-order valence-corrected chi connectivity index (χ3v) is 1.69. The summed E-state index contributed by atoms with van der Waals surface area (Å²) in [6, 6.07) is 8.55. The molecule has 0 saturated carbocycles. The van der Waals surface area contributed by atoms with E-state index in [-0.39, 0.29) is 0 Å². The zero-order chi connectivity index (χ0) is 6.97. The van der Waals surface area contributed by atoms with E-state index in [9.17, 15) is 0 Å². The molecule has 0 atom stereocenters. The zero-order valence-corrected chi connectivity index (χ0v) is 5.85. The minimum Gasteiger partial charge on any atom is -0.452 e. The van der Waals surface area contributed by atoms with Gasteiger partial charge in [0.15, 0.2) is 0 Å². The van der Waals surface area contributed by atoms with Gasteiger partial charge in [-0.15, -0.1) is 0 Å². The summed E-state index contributed by atoms with van der Waals surface area (Å²) in [6.07, 6.45) is 1.56. The first-order valence-electron chi connectivity index (χ1n) is 2.91. The molecule has 1 heterocycles. The first-order valence-corrected chi connectivity index (χ1v) is 3.29. The van der Waals surface area contributed by atoms with Crippen LogP contribution >= 0.6 is 11.6 Å². The van der Waals surface area contributed by atoms with Gasteiger partial charge in [-0.25, -0.2) is 0 Å². The predicted molar refractivity (Wildman–Crippen MR) is 39.2 cm³/mol. The van der Waals surface area contributed by atoms with Gasteiger partial charge in [0.1, 0.15) is 0 Å². The minimum absolute atomic E-state index is 0.429. The maximum absolute atomic E-state index is 5.71. The summed E-state index contributed by atoms with van der Waals surface area (Å²) in [6.45, 7) is 0. The lowest BCUT2D eigenvalue weighted by Gasteiger charge is -1.96. The van der Waals surface area contributed by atoms with Crippen LogP contribution in [0.4, 0.5) is 0 Å². The van der Waals surface area contributed by atoms with Gasteiger partial charge >= 0.3 is 0 Å². The summed E-state index contributed by atoms with van der Waals surface area (Å²) in [4.78, 5) is 0. The number of halogens is 1. The monoisotopic (exact) mass is 151 g/mol. The van der Waals surface area contributed by atoms with Gasteiger partial charge in [0, 0.05) is 5.56 Å². The molecular formula is C8H4ClO. The average molecular weight is 152 g/mol. The van der Waals surface area contributed by atoms with E-state index in [0.717, 1.165) is 11.1 Å². The Kier molecular flexibility index (Phi) is 1.18. The molecule has 0 fully saturated rings. The van der Waals surface area contributed by atoms with E-state index in [1.165, 1.54) is 0 Å². The van der Waals surface area contributed by atoms with Crippen LogP contribution < -0.4 is 0 Å². The van der Waals surface area contributed by atoms with Gasteiger partial charge in [0.2, 0.25) is 5.22 Å². The van der Waals surface area contributed by atoms with Gasteiger partial charge in [0.25, 0.3) is 0 Å². The van der Waals surface area contributed by atoms with Crippen LogP contribution in [0.3, 0.4) is 0 Å². The topological polar surface area (TPSA) is 13.1 Å². The van der Waals surface area contributed by atoms with Crippen molar-refractivity contribution in [2.45, 2.75) is 0 Å². The Labute approximate surface area is 63.6 Å². The number of fused-ring (bicyclic) bond motifs is 1. The lowest BCUT2D eigenvalue weighted by atomic mass is 10.2. The molecule has 0 aromatic heterocycles. The molecule has 1 nitrogen and oxygen atoms in total. The van der Waals surface area contributed by atoms with Crippen molar-refractivity contribution in [2.24, 2.45) is 0 Å². The van der Waals surface area contributed by atoms with E-state index in [1.54, 1.807) is 6.26 Å². The van der Waals surface area contributed by atoms with Crippen LogP contribution in [0.2, 0.25) is 5.22 Å². The molecule has 2 heteroatoms. The largest absolute Gasteiger partial charge is 0.452 e. The fraction of sp³-hybridized carbons (Fsp3) is 0. The smallest absolute Gasteiger partial charge is 0.200 e. The van der Waals surface area contributed by atoms with Crippen molar-refractivity contribution in [3.05, 3.63) is 35.7 Å². The Morgan fingerprint density at radius 3 is 3.10 bits per heavy atom. The quantitative estimate of drug-likeness (QED) is 0.564. The van der Waals surface area contributed by atoms with E-state index >= 15 is 0 Å². The van der Waals surface area contributed by atoms with E-state index in [2.05, 4.69) is 6.07 Å². The predicted octanol–water partition coefficient (Wildman–Crippen LogP) is 2.84. The highest BCUT2D eigenvalue weighted by Crippen LogP contribution is 2.29. The molecule has 1 radical (unpaired) electrons. The summed E-state index contributed by atoms with van der Waals surface area (Å²) in [7, 11) is 0.